The molecule has 0 aliphatic carbocycles. The monoisotopic (exact) mass is 583 g/mol. The van der Waals surface area contributed by atoms with E-state index in [1.807, 2.05) is 6.92 Å². The maximum Gasteiger partial charge on any atom is 0.303 e. The van der Waals surface area contributed by atoms with E-state index in [1.165, 1.54) is 23.7 Å². The molecule has 4 heterocycles. The third kappa shape index (κ3) is 4.64. The van der Waals surface area contributed by atoms with E-state index in [-0.39, 0.29) is 47.5 Å². The SMILES string of the molecule is Cc1ccc2c(-c3nc(N)c4c(n3)NC(=O)C4(C)c3ccc(CCC(=O)O)cc3)nn(Cc3ccc(C)c(F)c3F)c2n1. The molecule has 1 unspecified atom stereocenters. The van der Waals surface area contributed by atoms with Gasteiger partial charge >= 0.3 is 5.97 Å². The Bertz CT molecular complexity index is 1960. The molecule has 10 nitrogen and oxygen atoms in total. The molecule has 6 rings (SSSR count). The molecular weight excluding hydrogens is 556 g/mol. The highest BCUT2D eigenvalue weighted by atomic mass is 19.2. The molecule has 3 aromatic heterocycles. The fraction of sp³-hybridized carbons (Fsp3) is 0.226. The molecule has 0 saturated heterocycles. The Morgan fingerprint density at radius 2 is 1.77 bits per heavy atom. The van der Waals surface area contributed by atoms with Crippen LogP contribution >= 0.6 is 0 Å². The molecule has 1 aliphatic heterocycles. The second kappa shape index (κ2) is 10.2. The molecule has 1 amide bonds. The van der Waals surface area contributed by atoms with Gasteiger partial charge < -0.3 is 16.2 Å². The first kappa shape index (κ1) is 27.9. The second-order valence-corrected chi connectivity index (χ2v) is 10.8. The third-order valence-electron chi connectivity index (χ3n) is 7.90. The molecule has 0 spiro atoms. The molecule has 1 atom stereocenters. The summed E-state index contributed by atoms with van der Waals surface area (Å²) in [6.07, 6.45) is 0.365. The van der Waals surface area contributed by atoms with Crippen molar-refractivity contribution in [3.8, 4) is 11.5 Å². The van der Waals surface area contributed by atoms with Crippen molar-refractivity contribution in [2.45, 2.75) is 45.6 Å². The molecule has 0 bridgehead atoms. The van der Waals surface area contributed by atoms with Crippen molar-refractivity contribution in [1.29, 1.82) is 0 Å². The minimum atomic E-state index is -1.20. The topological polar surface area (TPSA) is 149 Å². The number of rotatable bonds is 7. The fourth-order valence-electron chi connectivity index (χ4n) is 5.44. The molecule has 4 N–H and O–H groups in total. The van der Waals surface area contributed by atoms with Gasteiger partial charge in [-0.2, -0.15) is 5.10 Å². The number of aliphatic carboxylic acids is 1. The van der Waals surface area contributed by atoms with Crippen LogP contribution in [-0.2, 0) is 28.0 Å². The number of nitrogens with one attached hydrogen (secondary N) is 1. The van der Waals surface area contributed by atoms with Gasteiger partial charge in [0.15, 0.2) is 23.1 Å². The number of nitrogen functional groups attached to an aromatic ring is 1. The summed E-state index contributed by atoms with van der Waals surface area (Å²) in [4.78, 5) is 38.1. The summed E-state index contributed by atoms with van der Waals surface area (Å²) in [7, 11) is 0. The fourth-order valence-corrected chi connectivity index (χ4v) is 5.44. The average molecular weight is 584 g/mol. The summed E-state index contributed by atoms with van der Waals surface area (Å²) in [5, 5.41) is 17.0. The van der Waals surface area contributed by atoms with Crippen LogP contribution in [0.5, 0.6) is 0 Å². The van der Waals surface area contributed by atoms with Crippen LogP contribution in [0.1, 0.15) is 46.9 Å². The lowest BCUT2D eigenvalue weighted by Crippen LogP contribution is -2.33. The van der Waals surface area contributed by atoms with Crippen molar-refractivity contribution in [1.82, 2.24) is 24.7 Å². The highest BCUT2D eigenvalue weighted by molar-refractivity contribution is 6.09. The molecule has 0 fully saturated rings. The molecule has 43 heavy (non-hydrogen) atoms. The van der Waals surface area contributed by atoms with Gasteiger partial charge in [0.25, 0.3) is 0 Å². The lowest BCUT2D eigenvalue weighted by atomic mass is 9.77. The van der Waals surface area contributed by atoms with Gasteiger partial charge in [-0.05, 0) is 56.0 Å². The number of halogens is 2. The van der Waals surface area contributed by atoms with E-state index in [9.17, 15) is 18.4 Å². The quantitative estimate of drug-likeness (QED) is 0.250. The van der Waals surface area contributed by atoms with Gasteiger partial charge in [0.05, 0.1) is 17.5 Å². The van der Waals surface area contributed by atoms with Crippen molar-refractivity contribution >= 4 is 34.5 Å². The van der Waals surface area contributed by atoms with Crippen molar-refractivity contribution in [3.05, 3.63) is 93.7 Å². The number of carboxylic acid groups (broad SMARTS) is 1. The number of aromatic nitrogens is 5. The predicted octanol–water partition coefficient (Wildman–Crippen LogP) is 4.69. The van der Waals surface area contributed by atoms with Crippen LogP contribution in [-0.4, -0.2) is 41.7 Å². The highest BCUT2D eigenvalue weighted by Gasteiger charge is 2.47. The first-order valence-electron chi connectivity index (χ1n) is 13.6. The second-order valence-electron chi connectivity index (χ2n) is 10.8. The van der Waals surface area contributed by atoms with E-state index in [2.05, 4.69) is 25.4 Å². The van der Waals surface area contributed by atoms with Gasteiger partial charge in [-0.25, -0.2) is 28.4 Å². The number of anilines is 2. The lowest BCUT2D eigenvalue weighted by molar-refractivity contribution is -0.137. The number of carboxylic acids is 1. The van der Waals surface area contributed by atoms with Gasteiger partial charge in [-0.15, -0.1) is 0 Å². The summed E-state index contributed by atoms with van der Waals surface area (Å²) in [5.74, 6) is -2.65. The smallest absolute Gasteiger partial charge is 0.303 e. The van der Waals surface area contributed by atoms with E-state index >= 15 is 0 Å². The zero-order valence-electron chi connectivity index (χ0n) is 23.6. The van der Waals surface area contributed by atoms with Crippen molar-refractivity contribution in [2.75, 3.05) is 11.1 Å². The zero-order valence-corrected chi connectivity index (χ0v) is 23.6. The minimum absolute atomic E-state index is 0.000120. The summed E-state index contributed by atoms with van der Waals surface area (Å²) in [6, 6.07) is 13.7. The van der Waals surface area contributed by atoms with Gasteiger partial charge in [0.1, 0.15) is 22.7 Å². The molecule has 1 aliphatic rings. The lowest BCUT2D eigenvalue weighted by Gasteiger charge is -2.23. The van der Waals surface area contributed by atoms with Gasteiger partial charge in [0.2, 0.25) is 5.91 Å². The van der Waals surface area contributed by atoms with Gasteiger partial charge in [-0.3, -0.25) is 9.59 Å². The van der Waals surface area contributed by atoms with Gasteiger partial charge in [-0.1, -0.05) is 36.4 Å². The minimum Gasteiger partial charge on any atom is -0.481 e. The number of aryl methyl sites for hydroxylation is 3. The summed E-state index contributed by atoms with van der Waals surface area (Å²) >= 11 is 0. The van der Waals surface area contributed by atoms with E-state index in [0.717, 1.165) is 5.56 Å². The van der Waals surface area contributed by atoms with E-state index in [4.69, 9.17) is 10.8 Å². The van der Waals surface area contributed by atoms with Crippen LogP contribution < -0.4 is 11.1 Å². The number of pyridine rings is 1. The van der Waals surface area contributed by atoms with E-state index in [1.54, 1.807) is 43.3 Å². The maximum atomic E-state index is 14.8. The summed E-state index contributed by atoms with van der Waals surface area (Å²) in [6.45, 7) is 4.94. The van der Waals surface area contributed by atoms with E-state index in [0.29, 0.717) is 40.0 Å². The number of nitrogens with two attached hydrogens (primary N) is 1. The van der Waals surface area contributed by atoms with Crippen molar-refractivity contribution in [3.63, 3.8) is 0 Å². The number of hydrogen-bond acceptors (Lipinski definition) is 7. The molecule has 5 aromatic rings. The number of benzene rings is 2. The Kier molecular flexibility index (Phi) is 6.63. The molecule has 12 heteroatoms. The van der Waals surface area contributed by atoms with Crippen LogP contribution in [0, 0.1) is 25.5 Å². The zero-order chi connectivity index (χ0) is 30.6. The van der Waals surface area contributed by atoms with Crippen LogP contribution in [0.25, 0.3) is 22.6 Å². The first-order chi connectivity index (χ1) is 20.5. The largest absolute Gasteiger partial charge is 0.481 e. The number of amides is 1. The summed E-state index contributed by atoms with van der Waals surface area (Å²) < 4.78 is 30.5. The van der Waals surface area contributed by atoms with Crippen molar-refractivity contribution in [2.24, 2.45) is 0 Å². The molecule has 218 valence electrons. The highest BCUT2D eigenvalue weighted by Crippen LogP contribution is 2.45. The summed E-state index contributed by atoms with van der Waals surface area (Å²) in [5.41, 5.74) is 8.92. The van der Waals surface area contributed by atoms with Gasteiger partial charge in [0, 0.05) is 17.7 Å². The number of carbonyl (C=O) groups is 2. The van der Waals surface area contributed by atoms with Crippen molar-refractivity contribution < 1.29 is 23.5 Å². The average Bonchev–Trinajstić information content (AvgIpc) is 3.46. The number of hydrogen-bond donors (Lipinski definition) is 3. The van der Waals surface area contributed by atoms with Crippen LogP contribution in [0.15, 0.2) is 48.5 Å². The third-order valence-corrected chi connectivity index (χ3v) is 7.90. The molecular formula is C31H27F2N7O3. The Morgan fingerprint density at radius 1 is 1.02 bits per heavy atom. The van der Waals surface area contributed by atoms with Crippen LogP contribution in [0.2, 0.25) is 0 Å². The first-order valence-corrected chi connectivity index (χ1v) is 13.6. The number of carbonyl (C=O) groups excluding carboxylic acids is 1. The molecule has 2 aromatic carbocycles. The number of nitrogens with zero attached hydrogens (tertiary/aromatic N) is 5. The van der Waals surface area contributed by atoms with Crippen LogP contribution in [0.4, 0.5) is 20.4 Å². The molecule has 0 saturated carbocycles. The Morgan fingerprint density at radius 3 is 2.49 bits per heavy atom. The molecule has 0 radical (unpaired) electrons. The van der Waals surface area contributed by atoms with E-state index < -0.39 is 23.0 Å². The van der Waals surface area contributed by atoms with Crippen LogP contribution in [0.3, 0.4) is 0 Å². The Balaban J connectivity index is 1.41. The normalized spacial score (nSPS) is 16.0. The Labute approximate surface area is 244 Å². The number of fused-ring (bicyclic) bond motifs is 2. The Hall–Kier alpha value is -5.26. The standard InChI is InChI=1S/C31H27F2N7O3/c1-15-4-9-18(24(33)23(15)32)14-40-29-20(12-5-16(2)35-29)25(39-40)28-36-26(34)22-27(37-28)38-30(43)31(22,3)19-10-6-17(7-11-19)8-13-21(41)42/h4-7,9-12H,8,13-14H2,1-3H3,(H,41,42)(H3,34,36,37,38,43). The maximum absolute atomic E-state index is 14.8. The predicted molar refractivity (Wildman–Crippen MR) is 155 cm³/mol.